The van der Waals surface area contributed by atoms with Gasteiger partial charge in [-0.15, -0.1) is 0 Å². The quantitative estimate of drug-likeness (QED) is 0.855. The van der Waals surface area contributed by atoms with Crippen LogP contribution in [-0.2, 0) is 6.42 Å². The summed E-state index contributed by atoms with van der Waals surface area (Å²) in [6.45, 7) is 7.57. The highest BCUT2D eigenvalue weighted by Crippen LogP contribution is 2.41. The Bertz CT molecular complexity index is 652. The first-order valence-electron chi connectivity index (χ1n) is 8.66. The zero-order valence-electron chi connectivity index (χ0n) is 14.4. The Kier molecular flexibility index (Phi) is 4.72. The number of ether oxygens (including phenoxy) is 1. The molecule has 23 heavy (non-hydrogen) atoms. The molecule has 2 atom stereocenters. The predicted octanol–water partition coefficient (Wildman–Crippen LogP) is 4.82. The summed E-state index contributed by atoms with van der Waals surface area (Å²) in [5.41, 5.74) is 3.91. The summed E-state index contributed by atoms with van der Waals surface area (Å²) in [6.07, 6.45) is 3.11. The Balaban J connectivity index is 1.73. The van der Waals surface area contributed by atoms with Crippen molar-refractivity contribution in [1.82, 2.24) is 5.32 Å². The van der Waals surface area contributed by atoms with Crippen LogP contribution in [0, 0.1) is 6.92 Å². The number of rotatable bonds is 5. The summed E-state index contributed by atoms with van der Waals surface area (Å²) in [6, 6.07) is 17.6. The van der Waals surface area contributed by atoms with Gasteiger partial charge in [-0.2, -0.15) is 0 Å². The maximum absolute atomic E-state index is 6.28. The van der Waals surface area contributed by atoms with Crippen molar-refractivity contribution in [3.63, 3.8) is 0 Å². The Morgan fingerprint density at radius 2 is 1.96 bits per heavy atom. The first kappa shape index (κ1) is 16.1. The molecular weight excluding hydrogens is 282 g/mol. The number of nitrogens with one attached hydrogen (secondary N) is 1. The Morgan fingerprint density at radius 1 is 1.17 bits per heavy atom. The van der Waals surface area contributed by atoms with Gasteiger partial charge in [-0.25, -0.2) is 0 Å². The summed E-state index contributed by atoms with van der Waals surface area (Å²) >= 11 is 0. The molecule has 1 aliphatic heterocycles. The minimum absolute atomic E-state index is 0.0767. The lowest BCUT2D eigenvalue weighted by Crippen LogP contribution is -2.41. The highest BCUT2D eigenvalue weighted by molar-refractivity contribution is 5.41. The molecule has 1 N–H and O–H groups in total. The monoisotopic (exact) mass is 309 g/mol. The smallest absolute Gasteiger partial charge is 0.124 e. The fraction of sp³-hybridized carbons (Fsp3) is 0.429. The Hall–Kier alpha value is -1.80. The van der Waals surface area contributed by atoms with Gasteiger partial charge >= 0.3 is 0 Å². The van der Waals surface area contributed by atoms with Crippen LogP contribution in [0.15, 0.2) is 48.5 Å². The minimum Gasteiger partial charge on any atom is -0.487 e. The largest absolute Gasteiger partial charge is 0.487 e. The van der Waals surface area contributed by atoms with E-state index in [1.165, 1.54) is 16.7 Å². The topological polar surface area (TPSA) is 21.3 Å². The van der Waals surface area contributed by atoms with Gasteiger partial charge in [0.2, 0.25) is 0 Å². The second-order valence-corrected chi connectivity index (χ2v) is 6.89. The molecule has 0 saturated heterocycles. The average molecular weight is 309 g/mol. The van der Waals surface area contributed by atoms with Crippen molar-refractivity contribution in [2.24, 2.45) is 0 Å². The molecular formula is C21H27NO. The van der Waals surface area contributed by atoms with E-state index in [0.29, 0.717) is 6.04 Å². The molecule has 2 unspecified atom stereocenters. The summed E-state index contributed by atoms with van der Waals surface area (Å²) in [5, 5.41) is 3.76. The number of aryl methyl sites for hydroxylation is 1. The van der Waals surface area contributed by atoms with Gasteiger partial charge in [-0.3, -0.25) is 0 Å². The van der Waals surface area contributed by atoms with Crippen molar-refractivity contribution in [1.29, 1.82) is 0 Å². The molecule has 122 valence electrons. The van der Waals surface area contributed by atoms with E-state index < -0.39 is 0 Å². The van der Waals surface area contributed by atoms with E-state index in [-0.39, 0.29) is 5.60 Å². The fourth-order valence-corrected chi connectivity index (χ4v) is 3.32. The molecule has 2 aromatic rings. The lowest BCUT2D eigenvalue weighted by molar-refractivity contribution is 0.0443. The van der Waals surface area contributed by atoms with Gasteiger partial charge in [0.1, 0.15) is 11.4 Å². The molecule has 0 fully saturated rings. The maximum atomic E-state index is 6.28. The summed E-state index contributed by atoms with van der Waals surface area (Å²) in [7, 11) is 0. The van der Waals surface area contributed by atoms with Crippen LogP contribution in [0.4, 0.5) is 0 Å². The number of fused-ring (bicyclic) bond motifs is 1. The standard InChI is InChI=1S/C21H27NO/c1-4-21(3)15-19(18-14-16(2)10-11-20(18)23-21)22-13-12-17-8-6-5-7-9-17/h5-11,14,19,22H,4,12-13,15H2,1-3H3. The third-order valence-corrected chi connectivity index (χ3v) is 4.93. The third kappa shape index (κ3) is 3.76. The first-order chi connectivity index (χ1) is 11.1. The van der Waals surface area contributed by atoms with E-state index in [1.807, 2.05) is 0 Å². The molecule has 0 spiro atoms. The van der Waals surface area contributed by atoms with Crippen LogP contribution in [-0.4, -0.2) is 12.1 Å². The van der Waals surface area contributed by atoms with E-state index in [9.17, 15) is 0 Å². The second-order valence-electron chi connectivity index (χ2n) is 6.89. The highest BCUT2D eigenvalue weighted by atomic mass is 16.5. The van der Waals surface area contributed by atoms with Crippen molar-refractivity contribution >= 4 is 0 Å². The third-order valence-electron chi connectivity index (χ3n) is 4.93. The lowest BCUT2D eigenvalue weighted by atomic mass is 9.86. The van der Waals surface area contributed by atoms with E-state index in [0.717, 1.165) is 31.6 Å². The second kappa shape index (κ2) is 6.76. The highest BCUT2D eigenvalue weighted by Gasteiger charge is 2.35. The van der Waals surface area contributed by atoms with Gasteiger partial charge in [-0.1, -0.05) is 55.0 Å². The van der Waals surface area contributed by atoms with Crippen LogP contribution in [0.3, 0.4) is 0 Å². The Morgan fingerprint density at radius 3 is 2.70 bits per heavy atom. The van der Waals surface area contributed by atoms with Gasteiger partial charge in [0, 0.05) is 18.0 Å². The van der Waals surface area contributed by atoms with Crippen LogP contribution < -0.4 is 10.1 Å². The Labute approximate surface area is 139 Å². The molecule has 1 aliphatic rings. The van der Waals surface area contributed by atoms with Gasteiger partial charge in [0.05, 0.1) is 0 Å². The first-order valence-corrected chi connectivity index (χ1v) is 8.66. The van der Waals surface area contributed by atoms with Crippen molar-refractivity contribution in [2.75, 3.05) is 6.54 Å². The zero-order chi connectivity index (χ0) is 16.3. The molecule has 3 rings (SSSR count). The van der Waals surface area contributed by atoms with Crippen molar-refractivity contribution in [3.05, 3.63) is 65.2 Å². The van der Waals surface area contributed by atoms with E-state index in [2.05, 4.69) is 74.6 Å². The van der Waals surface area contributed by atoms with E-state index in [1.54, 1.807) is 0 Å². The average Bonchev–Trinajstić information content (AvgIpc) is 2.56. The fourth-order valence-electron chi connectivity index (χ4n) is 3.32. The van der Waals surface area contributed by atoms with Crippen LogP contribution in [0.5, 0.6) is 5.75 Å². The molecule has 2 heteroatoms. The summed E-state index contributed by atoms with van der Waals surface area (Å²) in [4.78, 5) is 0. The van der Waals surface area contributed by atoms with Crippen LogP contribution >= 0.6 is 0 Å². The van der Waals surface area contributed by atoms with E-state index in [4.69, 9.17) is 4.74 Å². The predicted molar refractivity (Wildman–Crippen MR) is 96.0 cm³/mol. The van der Waals surface area contributed by atoms with Crippen molar-refractivity contribution < 1.29 is 4.74 Å². The van der Waals surface area contributed by atoms with Crippen LogP contribution in [0.25, 0.3) is 0 Å². The molecule has 0 aliphatic carbocycles. The van der Waals surface area contributed by atoms with Gasteiger partial charge in [0.15, 0.2) is 0 Å². The number of hydrogen-bond donors (Lipinski definition) is 1. The molecule has 0 radical (unpaired) electrons. The molecule has 0 amide bonds. The molecule has 0 bridgehead atoms. The van der Waals surface area contributed by atoms with E-state index >= 15 is 0 Å². The van der Waals surface area contributed by atoms with Crippen LogP contribution in [0.1, 0.15) is 49.4 Å². The molecule has 0 saturated carbocycles. The van der Waals surface area contributed by atoms with Crippen molar-refractivity contribution in [3.8, 4) is 5.75 Å². The van der Waals surface area contributed by atoms with Gasteiger partial charge in [-0.05, 0) is 44.9 Å². The number of benzene rings is 2. The minimum atomic E-state index is -0.0767. The van der Waals surface area contributed by atoms with Crippen molar-refractivity contribution in [2.45, 2.75) is 51.7 Å². The molecule has 2 aromatic carbocycles. The van der Waals surface area contributed by atoms with Gasteiger partial charge < -0.3 is 10.1 Å². The molecule has 2 nitrogen and oxygen atoms in total. The number of hydrogen-bond acceptors (Lipinski definition) is 2. The summed E-state index contributed by atoms with van der Waals surface area (Å²) in [5.74, 6) is 1.04. The lowest BCUT2D eigenvalue weighted by Gasteiger charge is -2.40. The maximum Gasteiger partial charge on any atom is 0.124 e. The normalized spacial score (nSPS) is 23.2. The van der Waals surface area contributed by atoms with Gasteiger partial charge in [0.25, 0.3) is 0 Å². The SMILES string of the molecule is CCC1(C)CC(NCCc2ccccc2)c2cc(C)ccc2O1. The molecule has 0 aromatic heterocycles. The van der Waals surface area contributed by atoms with Crippen LogP contribution in [0.2, 0.25) is 0 Å². The zero-order valence-corrected chi connectivity index (χ0v) is 14.4. The molecule has 1 heterocycles. The summed E-state index contributed by atoms with van der Waals surface area (Å²) < 4.78 is 6.28.